The van der Waals surface area contributed by atoms with Crippen LogP contribution in [0, 0.1) is 0 Å². The van der Waals surface area contributed by atoms with Gasteiger partial charge in [-0.2, -0.15) is 5.10 Å². The predicted octanol–water partition coefficient (Wildman–Crippen LogP) is 6.12. The number of anilines is 1. The van der Waals surface area contributed by atoms with E-state index in [0.717, 1.165) is 31.1 Å². The summed E-state index contributed by atoms with van der Waals surface area (Å²) in [4.78, 5) is 7.60. The fraction of sp³-hybridized carbons (Fsp3) is 0.0909. The number of halogens is 2. The third-order valence-corrected chi connectivity index (χ3v) is 5.44. The van der Waals surface area contributed by atoms with Gasteiger partial charge in [-0.1, -0.05) is 40.2 Å². The summed E-state index contributed by atoms with van der Waals surface area (Å²) in [6, 6.07) is 19.6. The predicted molar refractivity (Wildman–Crippen MR) is 126 cm³/mol. The number of rotatable bonds is 7. The SMILES string of the molecule is COc1cc(/C=N\Nc2nc3ccccc3[nH]2)cc(Br)c1OCc1ccc(Br)cc1. The molecule has 8 heteroatoms. The molecule has 3 aromatic carbocycles. The van der Waals surface area contributed by atoms with Crippen molar-refractivity contribution >= 4 is 55.1 Å². The molecule has 0 aliphatic rings. The van der Waals surface area contributed by atoms with Crippen LogP contribution in [0.25, 0.3) is 11.0 Å². The van der Waals surface area contributed by atoms with Crippen molar-refractivity contribution in [3.05, 3.63) is 80.7 Å². The maximum atomic E-state index is 5.98. The minimum absolute atomic E-state index is 0.434. The Balaban J connectivity index is 1.46. The summed E-state index contributed by atoms with van der Waals surface area (Å²) >= 11 is 7.01. The number of para-hydroxylation sites is 2. The molecule has 4 aromatic rings. The number of imidazole rings is 1. The minimum Gasteiger partial charge on any atom is -0.493 e. The molecular formula is C22H18Br2N4O2. The molecule has 0 amide bonds. The van der Waals surface area contributed by atoms with E-state index in [0.29, 0.717) is 24.1 Å². The number of aromatic amines is 1. The van der Waals surface area contributed by atoms with Crippen LogP contribution in [0.5, 0.6) is 11.5 Å². The van der Waals surface area contributed by atoms with Crippen LogP contribution in [0.1, 0.15) is 11.1 Å². The molecule has 0 radical (unpaired) electrons. The summed E-state index contributed by atoms with van der Waals surface area (Å²) in [5.41, 5.74) is 6.66. The smallest absolute Gasteiger partial charge is 0.222 e. The molecule has 0 saturated heterocycles. The molecule has 1 aromatic heterocycles. The largest absolute Gasteiger partial charge is 0.493 e. The van der Waals surface area contributed by atoms with Crippen molar-refractivity contribution in [2.75, 3.05) is 12.5 Å². The highest BCUT2D eigenvalue weighted by Gasteiger charge is 2.11. The zero-order valence-corrected chi connectivity index (χ0v) is 19.2. The second-order valence-corrected chi connectivity index (χ2v) is 8.19. The molecule has 0 bridgehead atoms. The lowest BCUT2D eigenvalue weighted by Crippen LogP contribution is -2.00. The van der Waals surface area contributed by atoms with E-state index in [4.69, 9.17) is 9.47 Å². The molecule has 0 fully saturated rings. The standard InChI is InChI=1S/C22H18Br2N4O2/c1-29-20-11-15(12-25-28-22-26-18-4-2-3-5-19(18)27-22)10-17(24)21(20)30-13-14-6-8-16(23)9-7-14/h2-12H,13H2,1H3,(H2,26,27,28)/b25-12-. The first kappa shape index (κ1) is 20.4. The molecule has 2 N–H and O–H groups in total. The van der Waals surface area contributed by atoms with Gasteiger partial charge in [0.15, 0.2) is 11.5 Å². The molecule has 30 heavy (non-hydrogen) atoms. The summed E-state index contributed by atoms with van der Waals surface area (Å²) in [7, 11) is 1.61. The monoisotopic (exact) mass is 528 g/mol. The maximum Gasteiger partial charge on any atom is 0.222 e. The van der Waals surface area contributed by atoms with Crippen LogP contribution in [0.3, 0.4) is 0 Å². The zero-order chi connectivity index (χ0) is 20.9. The Morgan fingerprint density at radius 2 is 1.90 bits per heavy atom. The summed E-state index contributed by atoms with van der Waals surface area (Å²) in [6.07, 6.45) is 1.69. The normalized spacial score (nSPS) is 11.2. The third kappa shape index (κ3) is 4.83. The lowest BCUT2D eigenvalue weighted by molar-refractivity contribution is 0.282. The average Bonchev–Trinajstić information content (AvgIpc) is 3.16. The maximum absolute atomic E-state index is 5.98. The number of nitrogens with one attached hydrogen (secondary N) is 2. The fourth-order valence-electron chi connectivity index (χ4n) is 2.86. The molecule has 0 aliphatic heterocycles. The highest BCUT2D eigenvalue weighted by Crippen LogP contribution is 2.37. The van der Waals surface area contributed by atoms with Gasteiger partial charge in [0.1, 0.15) is 6.61 Å². The van der Waals surface area contributed by atoms with Crippen molar-refractivity contribution in [1.29, 1.82) is 0 Å². The Hall–Kier alpha value is -2.84. The average molecular weight is 530 g/mol. The van der Waals surface area contributed by atoms with Gasteiger partial charge in [-0.3, -0.25) is 0 Å². The summed E-state index contributed by atoms with van der Waals surface area (Å²) in [5.74, 6) is 1.84. The molecule has 0 unspecified atom stereocenters. The van der Waals surface area contributed by atoms with Crippen LogP contribution in [0.15, 0.2) is 74.7 Å². The van der Waals surface area contributed by atoms with E-state index in [-0.39, 0.29) is 0 Å². The minimum atomic E-state index is 0.434. The number of ether oxygens (including phenoxy) is 2. The molecule has 1 heterocycles. The van der Waals surface area contributed by atoms with Crippen molar-refractivity contribution in [2.24, 2.45) is 5.10 Å². The number of benzene rings is 3. The van der Waals surface area contributed by atoms with E-state index in [1.54, 1.807) is 13.3 Å². The lowest BCUT2D eigenvalue weighted by atomic mass is 10.2. The second-order valence-electron chi connectivity index (χ2n) is 6.42. The van der Waals surface area contributed by atoms with E-state index < -0.39 is 0 Å². The number of hydrazone groups is 1. The Bertz CT molecular complexity index is 1160. The lowest BCUT2D eigenvalue weighted by Gasteiger charge is -2.13. The Kier molecular flexibility index (Phi) is 6.35. The number of hydrogen-bond acceptors (Lipinski definition) is 5. The van der Waals surface area contributed by atoms with Crippen LogP contribution < -0.4 is 14.9 Å². The summed E-state index contributed by atoms with van der Waals surface area (Å²) < 4.78 is 13.3. The van der Waals surface area contributed by atoms with E-state index in [2.05, 4.69) is 52.4 Å². The molecule has 0 atom stereocenters. The van der Waals surface area contributed by atoms with Crippen molar-refractivity contribution < 1.29 is 9.47 Å². The van der Waals surface area contributed by atoms with Crippen LogP contribution in [-0.2, 0) is 6.61 Å². The van der Waals surface area contributed by atoms with E-state index >= 15 is 0 Å². The van der Waals surface area contributed by atoms with Crippen LogP contribution in [-0.4, -0.2) is 23.3 Å². The van der Waals surface area contributed by atoms with Crippen LogP contribution in [0.4, 0.5) is 5.95 Å². The van der Waals surface area contributed by atoms with Crippen molar-refractivity contribution in [3.63, 3.8) is 0 Å². The van der Waals surface area contributed by atoms with Crippen LogP contribution in [0.2, 0.25) is 0 Å². The van der Waals surface area contributed by atoms with Gasteiger partial charge < -0.3 is 14.5 Å². The van der Waals surface area contributed by atoms with Crippen molar-refractivity contribution in [1.82, 2.24) is 9.97 Å². The van der Waals surface area contributed by atoms with Gasteiger partial charge in [0, 0.05) is 4.47 Å². The summed E-state index contributed by atoms with van der Waals surface area (Å²) in [6.45, 7) is 0.434. The Morgan fingerprint density at radius 1 is 1.10 bits per heavy atom. The zero-order valence-electron chi connectivity index (χ0n) is 16.0. The van der Waals surface area contributed by atoms with Crippen molar-refractivity contribution in [2.45, 2.75) is 6.61 Å². The van der Waals surface area contributed by atoms with Gasteiger partial charge in [-0.25, -0.2) is 10.4 Å². The Labute approximate surface area is 190 Å². The molecule has 4 rings (SSSR count). The molecular weight excluding hydrogens is 512 g/mol. The van der Waals surface area contributed by atoms with Crippen LogP contribution >= 0.6 is 31.9 Å². The molecule has 0 saturated carbocycles. The quantitative estimate of drug-likeness (QED) is 0.223. The van der Waals surface area contributed by atoms with Crippen molar-refractivity contribution in [3.8, 4) is 11.5 Å². The molecule has 0 spiro atoms. The fourth-order valence-corrected chi connectivity index (χ4v) is 3.70. The topological polar surface area (TPSA) is 71.5 Å². The first-order chi connectivity index (χ1) is 14.6. The third-order valence-electron chi connectivity index (χ3n) is 4.32. The Morgan fingerprint density at radius 3 is 2.67 bits per heavy atom. The summed E-state index contributed by atoms with van der Waals surface area (Å²) in [5, 5.41) is 4.26. The van der Waals surface area contributed by atoms with Gasteiger partial charge in [0.05, 0.1) is 28.8 Å². The number of hydrogen-bond donors (Lipinski definition) is 2. The first-order valence-corrected chi connectivity index (χ1v) is 10.7. The molecule has 0 aliphatic carbocycles. The van der Waals surface area contributed by atoms with Gasteiger partial charge in [0.2, 0.25) is 5.95 Å². The second kappa shape index (κ2) is 9.32. The number of nitrogens with zero attached hydrogens (tertiary/aromatic N) is 2. The number of aromatic nitrogens is 2. The van der Waals surface area contributed by atoms with Gasteiger partial charge >= 0.3 is 0 Å². The number of H-pyrrole nitrogens is 1. The van der Waals surface area contributed by atoms with E-state index in [1.165, 1.54) is 0 Å². The molecule has 152 valence electrons. The first-order valence-electron chi connectivity index (χ1n) is 9.11. The highest BCUT2D eigenvalue weighted by atomic mass is 79.9. The van der Waals surface area contributed by atoms with E-state index in [9.17, 15) is 0 Å². The van der Waals surface area contributed by atoms with Gasteiger partial charge in [-0.05, 0) is 63.5 Å². The number of methoxy groups -OCH3 is 1. The van der Waals surface area contributed by atoms with Gasteiger partial charge in [0.25, 0.3) is 0 Å². The van der Waals surface area contributed by atoms with Gasteiger partial charge in [-0.15, -0.1) is 0 Å². The van der Waals surface area contributed by atoms with E-state index in [1.807, 2.05) is 60.7 Å². The highest BCUT2D eigenvalue weighted by molar-refractivity contribution is 9.10. The molecule has 6 nitrogen and oxygen atoms in total. The number of fused-ring (bicyclic) bond motifs is 1.